The van der Waals surface area contributed by atoms with Crippen LogP contribution < -0.4 is 5.73 Å². The van der Waals surface area contributed by atoms with Gasteiger partial charge in [-0.25, -0.2) is 0 Å². The standard InChI is InChI=1S/C11H16N2O2/c1-7-5-4-6-10(13(14)15)11(7)8(2)9(3)12/h4-6,8-9H,12H2,1-3H3. The Morgan fingerprint density at radius 2 is 2.00 bits per heavy atom. The smallest absolute Gasteiger partial charge is 0.273 e. The molecule has 15 heavy (non-hydrogen) atoms. The van der Waals surface area contributed by atoms with Gasteiger partial charge < -0.3 is 5.73 Å². The highest BCUT2D eigenvalue weighted by Crippen LogP contribution is 2.30. The lowest BCUT2D eigenvalue weighted by atomic mass is 9.90. The van der Waals surface area contributed by atoms with Crippen LogP contribution in [-0.4, -0.2) is 11.0 Å². The number of hydrogen-bond acceptors (Lipinski definition) is 3. The zero-order chi connectivity index (χ0) is 11.6. The molecule has 1 rings (SSSR count). The maximum atomic E-state index is 10.9. The summed E-state index contributed by atoms with van der Waals surface area (Å²) in [6, 6.07) is 5.01. The minimum Gasteiger partial charge on any atom is -0.327 e. The molecule has 0 fully saturated rings. The van der Waals surface area contributed by atoms with Gasteiger partial charge in [-0.2, -0.15) is 0 Å². The molecule has 4 nitrogen and oxygen atoms in total. The second-order valence-electron chi connectivity index (χ2n) is 3.91. The number of rotatable bonds is 3. The molecule has 1 aromatic carbocycles. The fourth-order valence-corrected chi connectivity index (χ4v) is 1.68. The maximum absolute atomic E-state index is 10.9. The van der Waals surface area contributed by atoms with E-state index in [4.69, 9.17) is 5.73 Å². The van der Waals surface area contributed by atoms with Crippen molar-refractivity contribution in [1.29, 1.82) is 0 Å². The predicted molar refractivity (Wildman–Crippen MR) is 59.9 cm³/mol. The summed E-state index contributed by atoms with van der Waals surface area (Å²) in [5.41, 5.74) is 7.62. The average Bonchev–Trinajstić information content (AvgIpc) is 2.16. The summed E-state index contributed by atoms with van der Waals surface area (Å²) in [6.45, 7) is 5.65. The van der Waals surface area contributed by atoms with Crippen LogP contribution in [0.25, 0.3) is 0 Å². The van der Waals surface area contributed by atoms with Gasteiger partial charge in [-0.15, -0.1) is 0 Å². The summed E-state index contributed by atoms with van der Waals surface area (Å²) in [4.78, 5) is 10.5. The molecule has 0 aromatic heterocycles. The largest absolute Gasteiger partial charge is 0.327 e. The van der Waals surface area contributed by atoms with Gasteiger partial charge in [0.05, 0.1) is 4.92 Å². The van der Waals surface area contributed by atoms with Gasteiger partial charge in [0, 0.05) is 23.6 Å². The van der Waals surface area contributed by atoms with Crippen LogP contribution in [0.15, 0.2) is 18.2 Å². The number of benzene rings is 1. The third-order valence-corrected chi connectivity index (χ3v) is 2.74. The number of nitrogens with zero attached hydrogens (tertiary/aromatic N) is 1. The van der Waals surface area contributed by atoms with Crippen LogP contribution in [-0.2, 0) is 0 Å². The fourth-order valence-electron chi connectivity index (χ4n) is 1.68. The summed E-state index contributed by atoms with van der Waals surface area (Å²) in [7, 11) is 0. The Labute approximate surface area is 89.2 Å². The fraction of sp³-hybridized carbons (Fsp3) is 0.455. The summed E-state index contributed by atoms with van der Waals surface area (Å²) < 4.78 is 0. The SMILES string of the molecule is Cc1cccc([N+](=O)[O-])c1C(C)C(C)N. The van der Waals surface area contributed by atoms with E-state index < -0.39 is 0 Å². The van der Waals surface area contributed by atoms with E-state index in [-0.39, 0.29) is 22.6 Å². The molecule has 2 unspecified atom stereocenters. The highest BCUT2D eigenvalue weighted by atomic mass is 16.6. The quantitative estimate of drug-likeness (QED) is 0.612. The average molecular weight is 208 g/mol. The second kappa shape index (κ2) is 4.40. The minimum atomic E-state index is -0.346. The molecule has 4 heteroatoms. The number of aryl methyl sites for hydroxylation is 1. The molecule has 2 N–H and O–H groups in total. The van der Waals surface area contributed by atoms with Gasteiger partial charge in [-0.05, 0) is 19.4 Å². The molecule has 2 atom stereocenters. The van der Waals surface area contributed by atoms with E-state index >= 15 is 0 Å². The molecule has 0 heterocycles. The number of hydrogen-bond donors (Lipinski definition) is 1. The monoisotopic (exact) mass is 208 g/mol. The van der Waals surface area contributed by atoms with Crippen molar-refractivity contribution in [2.45, 2.75) is 32.7 Å². The van der Waals surface area contributed by atoms with E-state index in [2.05, 4.69) is 0 Å². The van der Waals surface area contributed by atoms with E-state index in [9.17, 15) is 10.1 Å². The Morgan fingerprint density at radius 3 is 2.47 bits per heavy atom. The van der Waals surface area contributed by atoms with Gasteiger partial charge in [0.15, 0.2) is 0 Å². The maximum Gasteiger partial charge on any atom is 0.273 e. The Bertz CT molecular complexity index is 375. The molecule has 0 aliphatic heterocycles. The van der Waals surface area contributed by atoms with Crippen molar-refractivity contribution >= 4 is 5.69 Å². The molecule has 0 aliphatic rings. The van der Waals surface area contributed by atoms with Gasteiger partial charge in [-0.3, -0.25) is 10.1 Å². The van der Waals surface area contributed by atoms with Crippen LogP contribution in [0.5, 0.6) is 0 Å². The van der Waals surface area contributed by atoms with Crippen molar-refractivity contribution in [3.63, 3.8) is 0 Å². The molecule has 0 amide bonds. The van der Waals surface area contributed by atoms with E-state index in [1.807, 2.05) is 26.8 Å². The molecule has 0 saturated carbocycles. The number of nitro benzene ring substituents is 1. The van der Waals surface area contributed by atoms with Crippen molar-refractivity contribution in [3.8, 4) is 0 Å². The second-order valence-corrected chi connectivity index (χ2v) is 3.91. The molecular formula is C11H16N2O2. The van der Waals surface area contributed by atoms with E-state index in [1.165, 1.54) is 6.07 Å². The van der Waals surface area contributed by atoms with Crippen LogP contribution >= 0.6 is 0 Å². The summed E-state index contributed by atoms with van der Waals surface area (Å²) in [6.07, 6.45) is 0. The highest BCUT2D eigenvalue weighted by Gasteiger charge is 2.22. The summed E-state index contributed by atoms with van der Waals surface area (Å²) in [5, 5.41) is 10.9. The molecule has 0 saturated heterocycles. The van der Waals surface area contributed by atoms with Crippen molar-refractivity contribution in [3.05, 3.63) is 39.4 Å². The topological polar surface area (TPSA) is 69.2 Å². The Kier molecular flexibility index (Phi) is 3.42. The van der Waals surface area contributed by atoms with E-state index in [0.29, 0.717) is 0 Å². The van der Waals surface area contributed by atoms with Crippen LogP contribution in [0.3, 0.4) is 0 Å². The van der Waals surface area contributed by atoms with E-state index in [1.54, 1.807) is 6.07 Å². The Hall–Kier alpha value is -1.42. The third kappa shape index (κ3) is 2.33. The van der Waals surface area contributed by atoms with Crippen LogP contribution in [0.1, 0.15) is 30.9 Å². The first kappa shape index (κ1) is 11.7. The first-order valence-electron chi connectivity index (χ1n) is 4.94. The zero-order valence-electron chi connectivity index (χ0n) is 9.23. The number of nitro groups is 1. The Balaban J connectivity index is 3.30. The van der Waals surface area contributed by atoms with Gasteiger partial charge in [0.25, 0.3) is 5.69 Å². The van der Waals surface area contributed by atoms with Crippen LogP contribution in [0, 0.1) is 17.0 Å². The molecule has 82 valence electrons. The Morgan fingerprint density at radius 1 is 1.40 bits per heavy atom. The summed E-state index contributed by atoms with van der Waals surface area (Å²) >= 11 is 0. The van der Waals surface area contributed by atoms with Gasteiger partial charge in [0.1, 0.15) is 0 Å². The van der Waals surface area contributed by atoms with Crippen molar-refractivity contribution in [2.24, 2.45) is 5.73 Å². The first-order chi connectivity index (χ1) is 6.95. The molecule has 0 spiro atoms. The molecule has 0 bridgehead atoms. The third-order valence-electron chi connectivity index (χ3n) is 2.74. The molecule has 0 radical (unpaired) electrons. The molecular weight excluding hydrogens is 192 g/mol. The lowest BCUT2D eigenvalue weighted by Gasteiger charge is -2.18. The zero-order valence-corrected chi connectivity index (χ0v) is 9.23. The lowest BCUT2D eigenvalue weighted by molar-refractivity contribution is -0.385. The minimum absolute atomic E-state index is 0.00778. The van der Waals surface area contributed by atoms with Crippen molar-refractivity contribution < 1.29 is 4.92 Å². The van der Waals surface area contributed by atoms with Crippen molar-refractivity contribution in [2.75, 3.05) is 0 Å². The van der Waals surface area contributed by atoms with Gasteiger partial charge >= 0.3 is 0 Å². The number of nitrogens with two attached hydrogens (primary N) is 1. The lowest BCUT2D eigenvalue weighted by Crippen LogP contribution is -2.23. The summed E-state index contributed by atoms with van der Waals surface area (Å²) in [5.74, 6) is -0.00778. The van der Waals surface area contributed by atoms with E-state index in [0.717, 1.165) is 11.1 Å². The van der Waals surface area contributed by atoms with Crippen molar-refractivity contribution in [1.82, 2.24) is 0 Å². The first-order valence-corrected chi connectivity index (χ1v) is 4.94. The van der Waals surface area contributed by atoms with Gasteiger partial charge in [-0.1, -0.05) is 19.1 Å². The van der Waals surface area contributed by atoms with Crippen LogP contribution in [0.4, 0.5) is 5.69 Å². The van der Waals surface area contributed by atoms with Crippen LogP contribution in [0.2, 0.25) is 0 Å². The molecule has 0 aliphatic carbocycles. The normalized spacial score (nSPS) is 14.7. The highest BCUT2D eigenvalue weighted by molar-refractivity contribution is 5.47. The predicted octanol–water partition coefficient (Wildman–Crippen LogP) is 2.35. The van der Waals surface area contributed by atoms with Gasteiger partial charge in [0.2, 0.25) is 0 Å². The molecule has 1 aromatic rings.